The average Bonchev–Trinajstić information content (AvgIpc) is 3.46. The number of carbonyl (C=O) groups is 1. The van der Waals surface area contributed by atoms with Gasteiger partial charge in [-0.25, -0.2) is 0 Å². The Kier molecular flexibility index (Phi) is 4.50. The summed E-state index contributed by atoms with van der Waals surface area (Å²) in [5.41, 5.74) is 4.28. The first-order chi connectivity index (χ1) is 15.0. The number of nitrogens with zero attached hydrogens (tertiary/aromatic N) is 4. The van der Waals surface area contributed by atoms with Gasteiger partial charge in [0.05, 0.1) is 12.2 Å². The zero-order valence-corrected chi connectivity index (χ0v) is 17.8. The average molecular weight is 412 g/mol. The lowest BCUT2D eigenvalue weighted by molar-refractivity contribution is 0.0616. The van der Waals surface area contributed by atoms with Gasteiger partial charge in [0.25, 0.3) is 5.91 Å². The van der Waals surface area contributed by atoms with Crippen LogP contribution in [0.25, 0.3) is 11.3 Å². The van der Waals surface area contributed by atoms with Gasteiger partial charge < -0.3 is 9.42 Å². The van der Waals surface area contributed by atoms with E-state index in [2.05, 4.69) is 42.3 Å². The van der Waals surface area contributed by atoms with E-state index in [-0.39, 0.29) is 17.4 Å². The summed E-state index contributed by atoms with van der Waals surface area (Å²) < 4.78 is 7.30. The number of benzene rings is 2. The Labute approximate surface area is 181 Å². The van der Waals surface area contributed by atoms with Gasteiger partial charge in [-0.15, -0.1) is 0 Å². The number of aromatic nitrogens is 3. The minimum atomic E-state index is -0.376. The number of hydrogen-bond donors (Lipinski definition) is 0. The first kappa shape index (κ1) is 19.3. The second-order valence-electron chi connectivity index (χ2n) is 8.37. The summed E-state index contributed by atoms with van der Waals surface area (Å²) in [4.78, 5) is 15.5. The van der Waals surface area contributed by atoms with E-state index in [0.29, 0.717) is 18.0 Å². The minimum absolute atomic E-state index is 0.0784. The Morgan fingerprint density at radius 1 is 1.13 bits per heavy atom. The lowest BCUT2D eigenvalue weighted by Gasteiger charge is -2.45. The fraction of sp³-hybridized carbons (Fsp3) is 0.240. The van der Waals surface area contributed by atoms with Crippen LogP contribution in [0, 0.1) is 0 Å². The van der Waals surface area contributed by atoms with Crippen LogP contribution in [0.4, 0.5) is 0 Å². The lowest BCUT2D eigenvalue weighted by Crippen LogP contribution is -2.49. The Morgan fingerprint density at radius 2 is 1.87 bits per heavy atom. The highest BCUT2D eigenvalue weighted by Crippen LogP contribution is 2.44. The van der Waals surface area contributed by atoms with Gasteiger partial charge in [-0.1, -0.05) is 59.8 Å². The molecule has 5 rings (SSSR count). The van der Waals surface area contributed by atoms with Crippen molar-refractivity contribution in [2.75, 3.05) is 6.54 Å². The van der Waals surface area contributed by atoms with Crippen molar-refractivity contribution in [3.8, 4) is 11.3 Å². The number of fused-ring (bicyclic) bond motifs is 1. The quantitative estimate of drug-likeness (QED) is 0.493. The van der Waals surface area contributed by atoms with E-state index in [0.717, 1.165) is 16.7 Å². The smallest absolute Gasteiger partial charge is 0.276 e. The van der Waals surface area contributed by atoms with Gasteiger partial charge >= 0.3 is 0 Å². The third-order valence-electron chi connectivity index (χ3n) is 6.35. The van der Waals surface area contributed by atoms with Crippen LogP contribution in [0.5, 0.6) is 0 Å². The molecule has 2 aromatic heterocycles. The van der Waals surface area contributed by atoms with Crippen LogP contribution < -0.4 is 0 Å². The Hall–Kier alpha value is -3.67. The summed E-state index contributed by atoms with van der Waals surface area (Å²) in [6.45, 7) is 4.77. The molecule has 0 unspecified atom stereocenters. The molecule has 2 atom stereocenters. The van der Waals surface area contributed by atoms with Crippen molar-refractivity contribution in [2.24, 2.45) is 7.05 Å². The van der Waals surface area contributed by atoms with Gasteiger partial charge in [-0.2, -0.15) is 5.10 Å². The molecule has 31 heavy (non-hydrogen) atoms. The molecular formula is C25H24N4O2. The molecule has 0 saturated heterocycles. The zero-order chi connectivity index (χ0) is 21.6. The molecule has 2 aromatic carbocycles. The second kappa shape index (κ2) is 7.23. The van der Waals surface area contributed by atoms with E-state index in [1.165, 1.54) is 5.56 Å². The maximum atomic E-state index is 13.6. The molecule has 0 bridgehead atoms. The molecule has 6 heteroatoms. The molecule has 3 heterocycles. The first-order valence-corrected chi connectivity index (χ1v) is 10.4. The summed E-state index contributed by atoms with van der Waals surface area (Å²) in [7, 11) is 1.91. The van der Waals surface area contributed by atoms with Gasteiger partial charge in [-0.05, 0) is 25.0 Å². The van der Waals surface area contributed by atoms with Crippen molar-refractivity contribution >= 4 is 5.91 Å². The van der Waals surface area contributed by atoms with Gasteiger partial charge in [0.1, 0.15) is 0 Å². The summed E-state index contributed by atoms with van der Waals surface area (Å²) in [5.74, 6) is 0.451. The molecule has 0 N–H and O–H groups in total. The van der Waals surface area contributed by atoms with E-state index < -0.39 is 0 Å². The highest BCUT2D eigenvalue weighted by molar-refractivity contribution is 5.94. The SMILES string of the molecule is C[C@H]1c2ccccc2[C@](C)(c2cnn(C)c2)CN1C(=O)c1cc(-c2ccccc2)on1. The topological polar surface area (TPSA) is 64.2 Å². The molecule has 1 amide bonds. The number of aryl methyl sites for hydroxylation is 1. The molecule has 0 fully saturated rings. The van der Waals surface area contributed by atoms with Gasteiger partial charge in [0.15, 0.2) is 11.5 Å². The van der Waals surface area contributed by atoms with Gasteiger partial charge in [-0.3, -0.25) is 9.48 Å². The Morgan fingerprint density at radius 3 is 2.61 bits per heavy atom. The highest BCUT2D eigenvalue weighted by atomic mass is 16.5. The van der Waals surface area contributed by atoms with E-state index in [1.54, 1.807) is 10.7 Å². The molecule has 6 nitrogen and oxygen atoms in total. The minimum Gasteiger partial charge on any atom is -0.355 e. The molecule has 4 aromatic rings. The van der Waals surface area contributed by atoms with Crippen molar-refractivity contribution in [2.45, 2.75) is 25.3 Å². The predicted octanol–water partition coefficient (Wildman–Crippen LogP) is 4.60. The number of hydrogen-bond acceptors (Lipinski definition) is 4. The van der Waals surface area contributed by atoms with Crippen LogP contribution in [0.2, 0.25) is 0 Å². The molecule has 0 radical (unpaired) electrons. The normalized spacial score (nSPS) is 20.5. The summed E-state index contributed by atoms with van der Waals surface area (Å²) in [5, 5.41) is 8.48. The van der Waals surface area contributed by atoms with Gasteiger partial charge in [0.2, 0.25) is 0 Å². The highest BCUT2D eigenvalue weighted by Gasteiger charge is 2.43. The fourth-order valence-corrected chi connectivity index (χ4v) is 4.56. The zero-order valence-electron chi connectivity index (χ0n) is 17.8. The molecule has 0 spiro atoms. The molecule has 1 aliphatic rings. The molecule has 0 aliphatic carbocycles. The second-order valence-corrected chi connectivity index (χ2v) is 8.37. The first-order valence-electron chi connectivity index (χ1n) is 10.4. The summed E-state index contributed by atoms with van der Waals surface area (Å²) in [6, 6.07) is 19.7. The number of amides is 1. The van der Waals surface area contributed by atoms with Crippen LogP contribution in [0.15, 0.2) is 77.6 Å². The fourth-order valence-electron chi connectivity index (χ4n) is 4.56. The molecule has 0 saturated carbocycles. The van der Waals surface area contributed by atoms with Crippen LogP contribution in [0.1, 0.15) is 47.1 Å². The van der Waals surface area contributed by atoms with Crippen LogP contribution in [0.3, 0.4) is 0 Å². The van der Waals surface area contributed by atoms with Gasteiger partial charge in [0, 0.05) is 42.4 Å². The van der Waals surface area contributed by atoms with E-state index in [4.69, 9.17) is 4.52 Å². The maximum Gasteiger partial charge on any atom is 0.276 e. The van der Waals surface area contributed by atoms with Crippen molar-refractivity contribution in [3.63, 3.8) is 0 Å². The monoisotopic (exact) mass is 412 g/mol. The predicted molar refractivity (Wildman–Crippen MR) is 117 cm³/mol. The van der Waals surface area contributed by atoms with E-state index in [9.17, 15) is 4.79 Å². The molecule has 1 aliphatic heterocycles. The van der Waals surface area contributed by atoms with Crippen molar-refractivity contribution in [1.82, 2.24) is 19.8 Å². The van der Waals surface area contributed by atoms with Crippen LogP contribution in [-0.2, 0) is 12.5 Å². The number of carbonyl (C=O) groups excluding carboxylic acids is 1. The third-order valence-corrected chi connectivity index (χ3v) is 6.35. The van der Waals surface area contributed by atoms with E-state index in [1.807, 2.05) is 60.7 Å². The third kappa shape index (κ3) is 3.15. The van der Waals surface area contributed by atoms with Crippen molar-refractivity contribution in [3.05, 3.63) is 95.4 Å². The number of rotatable bonds is 3. The van der Waals surface area contributed by atoms with Crippen LogP contribution >= 0.6 is 0 Å². The largest absolute Gasteiger partial charge is 0.355 e. The molecular weight excluding hydrogens is 388 g/mol. The maximum absolute atomic E-state index is 13.6. The van der Waals surface area contributed by atoms with E-state index >= 15 is 0 Å². The van der Waals surface area contributed by atoms with Crippen LogP contribution in [-0.4, -0.2) is 32.3 Å². The Balaban J connectivity index is 1.54. The standard InChI is InChI=1S/C25H24N4O2/c1-17-20-11-7-8-12-21(20)25(2,19-14-26-28(3)15-19)16-29(17)24(30)22-13-23(31-27-22)18-9-5-4-6-10-18/h4-15,17H,16H2,1-3H3/t17-,25-/m0/s1. The Bertz CT molecular complexity index is 1240. The van der Waals surface area contributed by atoms with Crippen molar-refractivity contribution < 1.29 is 9.32 Å². The molecule has 156 valence electrons. The summed E-state index contributed by atoms with van der Waals surface area (Å²) in [6.07, 6.45) is 3.91. The lowest BCUT2D eigenvalue weighted by atomic mass is 9.71. The summed E-state index contributed by atoms with van der Waals surface area (Å²) >= 11 is 0. The van der Waals surface area contributed by atoms with Crippen molar-refractivity contribution in [1.29, 1.82) is 0 Å².